The Hall–Kier alpha value is -2.61. The largest absolute Gasteiger partial charge is 0.462 e. The van der Waals surface area contributed by atoms with Crippen molar-refractivity contribution in [2.24, 2.45) is 0 Å². The Bertz CT molecular complexity index is 819. The fraction of sp³-hybridized carbons (Fsp3) is 0.412. The Balaban J connectivity index is 2.51. The highest BCUT2D eigenvalue weighted by Gasteiger charge is 2.30. The molecule has 0 saturated carbocycles. The second-order valence-electron chi connectivity index (χ2n) is 5.15. The molecule has 0 fully saturated rings. The van der Waals surface area contributed by atoms with Crippen LogP contribution >= 0.6 is 11.6 Å². The SMILES string of the molecule is CCOC(=O)c1c(C)oc(Nc2cc(Cl)nc(CC)n2)c1C(=O)OCC. The molecule has 0 aromatic carbocycles. The molecule has 0 bridgehead atoms. The number of carbonyl (C=O) groups excluding carboxylic acids is 2. The van der Waals surface area contributed by atoms with E-state index in [1.807, 2.05) is 6.92 Å². The lowest BCUT2D eigenvalue weighted by atomic mass is 10.1. The molecule has 26 heavy (non-hydrogen) atoms. The third kappa shape index (κ3) is 4.32. The van der Waals surface area contributed by atoms with Crippen molar-refractivity contribution < 1.29 is 23.5 Å². The Labute approximate surface area is 155 Å². The predicted octanol–water partition coefficient (Wildman–Crippen LogP) is 3.69. The number of hydrogen-bond donors (Lipinski definition) is 1. The minimum Gasteiger partial charge on any atom is -0.462 e. The molecule has 0 aliphatic heterocycles. The quantitative estimate of drug-likeness (QED) is 0.572. The molecule has 2 aromatic rings. The van der Waals surface area contributed by atoms with Crippen LogP contribution in [0.3, 0.4) is 0 Å². The number of carbonyl (C=O) groups is 2. The third-order valence-electron chi connectivity index (χ3n) is 3.34. The van der Waals surface area contributed by atoms with E-state index in [0.29, 0.717) is 18.1 Å². The lowest BCUT2D eigenvalue weighted by molar-refractivity contribution is 0.0480. The summed E-state index contributed by atoms with van der Waals surface area (Å²) in [5, 5.41) is 3.12. The first kappa shape index (κ1) is 19.7. The first-order valence-electron chi connectivity index (χ1n) is 8.19. The number of esters is 2. The fourth-order valence-electron chi connectivity index (χ4n) is 2.28. The van der Waals surface area contributed by atoms with E-state index in [-0.39, 0.29) is 41.1 Å². The lowest BCUT2D eigenvalue weighted by Crippen LogP contribution is -2.14. The summed E-state index contributed by atoms with van der Waals surface area (Å²) in [5.74, 6) is -0.264. The van der Waals surface area contributed by atoms with Gasteiger partial charge in [-0.2, -0.15) is 0 Å². The van der Waals surface area contributed by atoms with Gasteiger partial charge in [-0.1, -0.05) is 18.5 Å². The number of aromatic nitrogens is 2. The first-order chi connectivity index (χ1) is 12.4. The zero-order valence-corrected chi connectivity index (χ0v) is 15.8. The summed E-state index contributed by atoms with van der Waals surface area (Å²) in [4.78, 5) is 33.0. The number of aryl methyl sites for hydroxylation is 2. The van der Waals surface area contributed by atoms with Crippen LogP contribution in [0.1, 0.15) is 53.1 Å². The van der Waals surface area contributed by atoms with Gasteiger partial charge in [0.05, 0.1) is 13.2 Å². The van der Waals surface area contributed by atoms with Crippen molar-refractivity contribution in [3.8, 4) is 0 Å². The average Bonchev–Trinajstić information content (AvgIpc) is 2.90. The fourth-order valence-corrected chi connectivity index (χ4v) is 2.48. The highest BCUT2D eigenvalue weighted by molar-refractivity contribution is 6.29. The topological polar surface area (TPSA) is 104 Å². The van der Waals surface area contributed by atoms with Crippen molar-refractivity contribution in [3.05, 3.63) is 33.9 Å². The molecule has 9 heteroatoms. The molecule has 2 heterocycles. The third-order valence-corrected chi connectivity index (χ3v) is 3.54. The van der Waals surface area contributed by atoms with E-state index in [0.717, 1.165) is 0 Å². The molecule has 0 amide bonds. The minimum absolute atomic E-state index is 0.0173. The van der Waals surface area contributed by atoms with Crippen LogP contribution in [0.15, 0.2) is 10.5 Å². The van der Waals surface area contributed by atoms with E-state index in [1.54, 1.807) is 20.8 Å². The monoisotopic (exact) mass is 381 g/mol. The maximum atomic E-state index is 12.4. The van der Waals surface area contributed by atoms with E-state index >= 15 is 0 Å². The van der Waals surface area contributed by atoms with E-state index in [2.05, 4.69) is 15.3 Å². The molecule has 140 valence electrons. The molecular weight excluding hydrogens is 362 g/mol. The minimum atomic E-state index is -0.703. The molecule has 0 saturated heterocycles. The summed E-state index contributed by atoms with van der Waals surface area (Å²) >= 11 is 5.99. The normalized spacial score (nSPS) is 10.5. The number of furan rings is 1. The van der Waals surface area contributed by atoms with Crippen LogP contribution in [0.2, 0.25) is 5.15 Å². The molecule has 0 atom stereocenters. The van der Waals surface area contributed by atoms with E-state index < -0.39 is 11.9 Å². The maximum absolute atomic E-state index is 12.4. The number of nitrogens with zero attached hydrogens (tertiary/aromatic N) is 2. The summed E-state index contributed by atoms with van der Waals surface area (Å²) in [7, 11) is 0. The first-order valence-corrected chi connectivity index (χ1v) is 8.57. The Morgan fingerprint density at radius 3 is 2.31 bits per heavy atom. The van der Waals surface area contributed by atoms with Gasteiger partial charge in [-0.05, 0) is 20.8 Å². The molecule has 0 spiro atoms. The zero-order valence-electron chi connectivity index (χ0n) is 15.0. The van der Waals surface area contributed by atoms with Gasteiger partial charge in [0.15, 0.2) is 0 Å². The van der Waals surface area contributed by atoms with Gasteiger partial charge >= 0.3 is 11.9 Å². The summed E-state index contributed by atoms with van der Waals surface area (Å²) in [5.41, 5.74) is -0.0285. The van der Waals surface area contributed by atoms with Crippen LogP contribution in [0.25, 0.3) is 0 Å². The van der Waals surface area contributed by atoms with Crippen LogP contribution in [0.5, 0.6) is 0 Å². The molecule has 0 unspecified atom stereocenters. The van der Waals surface area contributed by atoms with Gasteiger partial charge in [-0.15, -0.1) is 0 Å². The molecule has 2 rings (SSSR count). The van der Waals surface area contributed by atoms with Gasteiger partial charge in [0, 0.05) is 12.5 Å². The van der Waals surface area contributed by atoms with Crippen LogP contribution < -0.4 is 5.32 Å². The highest BCUT2D eigenvalue weighted by atomic mass is 35.5. The summed E-state index contributed by atoms with van der Waals surface area (Å²) in [6.45, 7) is 7.09. The number of ether oxygens (including phenoxy) is 2. The van der Waals surface area contributed by atoms with Gasteiger partial charge in [0.25, 0.3) is 0 Å². The predicted molar refractivity (Wildman–Crippen MR) is 95.1 cm³/mol. The van der Waals surface area contributed by atoms with Crippen molar-refractivity contribution in [3.63, 3.8) is 0 Å². The van der Waals surface area contributed by atoms with Gasteiger partial charge in [0.1, 0.15) is 33.7 Å². The van der Waals surface area contributed by atoms with Crippen molar-refractivity contribution >= 4 is 35.2 Å². The molecule has 0 radical (unpaired) electrons. The van der Waals surface area contributed by atoms with Crippen LogP contribution in [-0.4, -0.2) is 35.1 Å². The smallest absolute Gasteiger partial charge is 0.344 e. The van der Waals surface area contributed by atoms with Gasteiger partial charge in [0.2, 0.25) is 5.88 Å². The number of rotatable bonds is 7. The average molecular weight is 382 g/mol. The number of anilines is 2. The van der Waals surface area contributed by atoms with Gasteiger partial charge < -0.3 is 19.2 Å². The second-order valence-corrected chi connectivity index (χ2v) is 5.54. The highest BCUT2D eigenvalue weighted by Crippen LogP contribution is 2.31. The van der Waals surface area contributed by atoms with Crippen LogP contribution in [0.4, 0.5) is 11.7 Å². The van der Waals surface area contributed by atoms with Crippen molar-refractivity contribution in [2.75, 3.05) is 18.5 Å². The van der Waals surface area contributed by atoms with Gasteiger partial charge in [-0.25, -0.2) is 19.6 Å². The van der Waals surface area contributed by atoms with Crippen LogP contribution in [0, 0.1) is 6.92 Å². The Morgan fingerprint density at radius 2 is 1.73 bits per heavy atom. The zero-order chi connectivity index (χ0) is 19.3. The molecule has 8 nitrogen and oxygen atoms in total. The van der Waals surface area contributed by atoms with E-state index in [1.165, 1.54) is 6.07 Å². The summed E-state index contributed by atoms with van der Waals surface area (Å²) in [6, 6.07) is 1.48. The molecule has 2 aromatic heterocycles. The molecular formula is C17H20ClN3O5. The lowest BCUT2D eigenvalue weighted by Gasteiger charge is -2.08. The summed E-state index contributed by atoms with van der Waals surface area (Å²) in [6.07, 6.45) is 0.575. The standard InChI is InChI=1S/C17H20ClN3O5/c1-5-11-19-10(18)8-12(20-11)21-15-14(17(23)25-7-3)13(9(4)26-15)16(22)24-6-2/h8H,5-7H2,1-4H3,(H,19,20,21). The van der Waals surface area contributed by atoms with Crippen molar-refractivity contribution in [1.82, 2.24) is 9.97 Å². The molecule has 0 aliphatic carbocycles. The van der Waals surface area contributed by atoms with Gasteiger partial charge in [-0.3, -0.25) is 0 Å². The molecule has 1 N–H and O–H groups in total. The molecule has 0 aliphatic rings. The van der Waals surface area contributed by atoms with Crippen LogP contribution in [-0.2, 0) is 15.9 Å². The maximum Gasteiger partial charge on any atom is 0.344 e. The van der Waals surface area contributed by atoms with Crippen molar-refractivity contribution in [1.29, 1.82) is 0 Å². The number of nitrogens with one attached hydrogen (secondary N) is 1. The van der Waals surface area contributed by atoms with E-state index in [9.17, 15) is 9.59 Å². The number of halogens is 1. The summed E-state index contributed by atoms with van der Waals surface area (Å²) < 4.78 is 15.6. The number of hydrogen-bond acceptors (Lipinski definition) is 8. The second kappa shape index (κ2) is 8.66. The van der Waals surface area contributed by atoms with E-state index in [4.69, 9.17) is 25.5 Å². The van der Waals surface area contributed by atoms with Crippen molar-refractivity contribution in [2.45, 2.75) is 34.1 Å². The Kier molecular flexibility index (Phi) is 6.57. The Morgan fingerprint density at radius 1 is 1.12 bits per heavy atom.